The maximum atomic E-state index is 6.33. The molecule has 0 spiro atoms. The Kier molecular flexibility index (Phi) is 21.7. The van der Waals surface area contributed by atoms with Crippen LogP contribution in [0.25, 0.3) is 229 Å². The van der Waals surface area contributed by atoms with Gasteiger partial charge < -0.3 is 13.8 Å². The molecule has 601 valence electrons. The van der Waals surface area contributed by atoms with Crippen LogP contribution in [0.3, 0.4) is 0 Å². The minimum atomic E-state index is 0. The molecule has 9 aromatic heterocycles. The predicted molar refractivity (Wildman–Crippen MR) is 529 cm³/mol. The van der Waals surface area contributed by atoms with Crippen LogP contribution in [-0.4, -0.2) is 24.9 Å². The number of thiophene rings is 2. The third-order valence-corrected chi connectivity index (χ3v) is 26.0. The van der Waals surface area contributed by atoms with Gasteiger partial charge in [-0.1, -0.05) is 303 Å². The van der Waals surface area contributed by atoms with Gasteiger partial charge >= 0.3 is 0 Å². The zero-order valence-corrected chi connectivity index (χ0v) is 72.5. The summed E-state index contributed by atoms with van der Waals surface area (Å²) in [4.78, 5) is 22.9. The normalized spacial score (nSPS) is 11.2. The summed E-state index contributed by atoms with van der Waals surface area (Å²) in [6.07, 6.45) is 13.4. The summed E-state index contributed by atoms with van der Waals surface area (Å²) >= 11 is 3.75. The fraction of sp³-hybridized carbons (Fsp3) is 0. The van der Waals surface area contributed by atoms with Gasteiger partial charge in [-0.25, -0.2) is 0 Å². The molecule has 0 saturated carbocycles. The Labute approximate surface area is 755 Å². The molecule has 25 rings (SSSR count). The third-order valence-electron chi connectivity index (χ3n) is 23.6. The van der Waals surface area contributed by atoms with Crippen molar-refractivity contribution in [3.05, 3.63) is 456 Å². The summed E-state index contributed by atoms with van der Waals surface area (Å²) < 4.78 is 18.0. The molecule has 0 aliphatic carbocycles. The number of rotatable bonds is 11. The van der Waals surface area contributed by atoms with Crippen molar-refractivity contribution in [3.8, 4) is 123 Å². The van der Waals surface area contributed by atoms with Gasteiger partial charge in [-0.2, -0.15) is 0 Å². The largest absolute Gasteiger partial charge is 0.455 e. The van der Waals surface area contributed by atoms with Crippen molar-refractivity contribution in [2.45, 2.75) is 0 Å². The van der Waals surface area contributed by atoms with Crippen LogP contribution in [0, 0.1) is 6.07 Å². The minimum absolute atomic E-state index is 0. The Morgan fingerprint density at radius 1 is 0.220 bits per heavy atom. The zero-order chi connectivity index (χ0) is 83.6. The molecule has 1 radical (unpaired) electrons. The van der Waals surface area contributed by atoms with Gasteiger partial charge in [0, 0.05) is 170 Å². The number of benzene rings is 16. The molecule has 16 aromatic carbocycles. The van der Waals surface area contributed by atoms with E-state index >= 15 is 0 Å². The van der Waals surface area contributed by atoms with Crippen molar-refractivity contribution >= 4 is 129 Å². The van der Waals surface area contributed by atoms with Gasteiger partial charge in [0.15, 0.2) is 0 Å². The molecule has 127 heavy (non-hydrogen) atoms. The maximum absolute atomic E-state index is 6.33. The number of furan rings is 2. The Morgan fingerprint density at radius 2 is 0.567 bits per heavy atom. The second kappa shape index (κ2) is 35.0. The van der Waals surface area contributed by atoms with Crippen LogP contribution in [0.15, 0.2) is 459 Å². The van der Waals surface area contributed by atoms with E-state index in [1.165, 1.54) is 96.0 Å². The smallest absolute Gasteiger partial charge is 0.143 e. The Morgan fingerprint density at radius 3 is 0.992 bits per heavy atom. The minimum Gasteiger partial charge on any atom is -0.455 e. The van der Waals surface area contributed by atoms with E-state index in [0.717, 1.165) is 133 Å². The van der Waals surface area contributed by atoms with Gasteiger partial charge in [-0.15, -0.1) is 58.6 Å². The standard InChI is InChI=1S/C41H25NO2.C41H25NS2.C24H16N2.C11H8N.Ir/c2*1-3-19-38-34(13-1)36-17-7-15-32(40(36)43-38)28-11-5-9-26(21-28)30-23-31(25-42-24-30)27-10-6-12-29(22-27)33-16-8-18-37-35-14-2-4-20-39(35)44-41(33)37;1-3-7-17(8-4-1)19-13-15-25-23-21(19)11-12-22-20(14-16-26-24(22)23)18-9-5-2-6-10-18;1-2-6-10(7-3-1)11-8-4-5-9-12-11;/h2*1-25H;1-16H;1-6,8-9H;/q;;;-1;. The molecule has 0 N–H and O–H groups in total. The number of hydrogen-bond acceptors (Lipinski definition) is 9. The number of hydrogen-bond donors (Lipinski definition) is 0. The molecule has 0 amide bonds. The molecule has 0 bridgehead atoms. The average molecular weight is 1840 g/mol. The second-order valence-corrected chi connectivity index (χ2v) is 33.3. The number of aromatic nitrogens is 5. The maximum Gasteiger partial charge on any atom is 0.143 e. The molecule has 10 heteroatoms. The summed E-state index contributed by atoms with van der Waals surface area (Å²) in [7, 11) is 0. The van der Waals surface area contributed by atoms with E-state index < -0.39 is 0 Å². The fourth-order valence-corrected chi connectivity index (χ4v) is 20.0. The van der Waals surface area contributed by atoms with Crippen LogP contribution in [0.4, 0.5) is 0 Å². The summed E-state index contributed by atoms with van der Waals surface area (Å²) in [5, 5.41) is 12.1. The average Bonchev–Trinajstić information content (AvgIpc) is 0.927. The van der Waals surface area contributed by atoms with Crippen LogP contribution in [0.5, 0.6) is 0 Å². The summed E-state index contributed by atoms with van der Waals surface area (Å²) in [6.45, 7) is 0. The first-order valence-corrected chi connectivity index (χ1v) is 43.7. The SMILES string of the molecule is [Ir].[c-]1ccccc1-c1ccccn1.c1cc(-c2cncc(-c3cccc(-c4cccc5c4oc4ccccc45)c3)c2)cc(-c2cccc3c2oc2ccccc23)c1.c1cc(-c2cncc(-c3cccc(-c4cccc5c4sc4ccccc45)c3)c2)cc(-c2cccc3c2sc2ccccc23)c1.c1ccc(-c2ccnc3c2ccc2c(-c4ccccc4)ccnc23)cc1. The van der Waals surface area contributed by atoms with Gasteiger partial charge in [0.1, 0.15) is 22.3 Å². The van der Waals surface area contributed by atoms with Crippen molar-refractivity contribution < 1.29 is 28.9 Å². The fourth-order valence-electron chi connectivity index (χ4n) is 17.5. The van der Waals surface area contributed by atoms with E-state index in [9.17, 15) is 0 Å². The molecule has 9 heterocycles. The molecule has 0 unspecified atom stereocenters. The first-order valence-electron chi connectivity index (χ1n) is 42.1. The van der Waals surface area contributed by atoms with Crippen LogP contribution in [0.1, 0.15) is 0 Å². The van der Waals surface area contributed by atoms with Crippen LogP contribution in [0.2, 0.25) is 0 Å². The molecule has 25 aromatic rings. The molecule has 0 aliphatic heterocycles. The Bertz CT molecular complexity index is 7540. The number of para-hydroxylation sites is 4. The predicted octanol–water partition coefficient (Wildman–Crippen LogP) is 32.7. The van der Waals surface area contributed by atoms with Crippen molar-refractivity contribution in [1.82, 2.24) is 24.9 Å². The van der Waals surface area contributed by atoms with Crippen LogP contribution in [-0.2, 0) is 20.1 Å². The summed E-state index contributed by atoms with van der Waals surface area (Å²) in [6, 6.07) is 145. The molecule has 0 fully saturated rings. The Hall–Kier alpha value is -15.5. The van der Waals surface area contributed by atoms with Crippen molar-refractivity contribution in [1.29, 1.82) is 0 Å². The van der Waals surface area contributed by atoms with E-state index in [1.807, 2.05) is 139 Å². The number of fused-ring (bicyclic) bond motifs is 15. The molecule has 0 aliphatic rings. The van der Waals surface area contributed by atoms with E-state index in [2.05, 4.69) is 354 Å². The van der Waals surface area contributed by atoms with Crippen molar-refractivity contribution in [3.63, 3.8) is 0 Å². The molecular weight excluding hydrogens is 1760 g/mol. The van der Waals surface area contributed by atoms with E-state index in [4.69, 9.17) is 13.8 Å². The molecule has 0 saturated heterocycles. The number of nitrogens with zero attached hydrogens (tertiary/aromatic N) is 5. The van der Waals surface area contributed by atoms with Gasteiger partial charge in [0.25, 0.3) is 0 Å². The van der Waals surface area contributed by atoms with Crippen LogP contribution >= 0.6 is 22.7 Å². The first-order chi connectivity index (χ1) is 62.5. The summed E-state index contributed by atoms with van der Waals surface area (Å²) in [5.41, 5.74) is 30.6. The zero-order valence-electron chi connectivity index (χ0n) is 68.4. The van der Waals surface area contributed by atoms with Gasteiger partial charge in [0.05, 0.1) is 11.0 Å². The first kappa shape index (κ1) is 78.7. The summed E-state index contributed by atoms with van der Waals surface area (Å²) in [5.74, 6) is 0. The molecule has 7 nitrogen and oxygen atoms in total. The van der Waals surface area contributed by atoms with E-state index in [-0.39, 0.29) is 20.1 Å². The Balaban J connectivity index is 0.000000111. The third kappa shape index (κ3) is 15.5. The van der Waals surface area contributed by atoms with Gasteiger partial charge in [-0.3, -0.25) is 19.9 Å². The van der Waals surface area contributed by atoms with Crippen molar-refractivity contribution in [2.24, 2.45) is 0 Å². The van der Waals surface area contributed by atoms with Crippen LogP contribution < -0.4 is 0 Å². The topological polar surface area (TPSA) is 90.7 Å². The van der Waals surface area contributed by atoms with E-state index in [0.29, 0.717) is 0 Å². The van der Waals surface area contributed by atoms with Crippen molar-refractivity contribution in [2.75, 3.05) is 0 Å². The van der Waals surface area contributed by atoms with Gasteiger partial charge in [-0.05, 0) is 162 Å². The molecular formula is C117H74IrN5O2S2-. The quantitative estimate of drug-likeness (QED) is 0.0941. The second-order valence-electron chi connectivity index (χ2n) is 31.2. The van der Waals surface area contributed by atoms with E-state index in [1.54, 1.807) is 6.20 Å². The monoisotopic (exact) mass is 1840 g/mol. The van der Waals surface area contributed by atoms with Gasteiger partial charge in [0.2, 0.25) is 0 Å². The molecule has 0 atom stereocenters. The number of pyridine rings is 5.